The maximum atomic E-state index is 14.0. The molecule has 6 amide bonds. The third-order valence-corrected chi connectivity index (χ3v) is 10.0. The summed E-state index contributed by atoms with van der Waals surface area (Å²) in [5.74, 6) is -4.78. The molecular formula is C36H62N10O9. The van der Waals surface area contributed by atoms with Crippen LogP contribution in [0, 0.1) is 11.8 Å². The molecule has 19 nitrogen and oxygen atoms in total. The molecular weight excluding hydrogens is 716 g/mol. The molecule has 0 unspecified atom stereocenters. The van der Waals surface area contributed by atoms with Crippen LogP contribution in [0.5, 0.6) is 0 Å². The van der Waals surface area contributed by atoms with Crippen molar-refractivity contribution in [2.45, 2.75) is 141 Å². The van der Waals surface area contributed by atoms with Crippen LogP contribution in [0.4, 0.5) is 0 Å². The van der Waals surface area contributed by atoms with Gasteiger partial charge in [0.25, 0.3) is 0 Å². The summed E-state index contributed by atoms with van der Waals surface area (Å²) < 4.78 is 0. The minimum absolute atomic E-state index is 0.0380. The number of nitrogens with zero attached hydrogens (tertiary/aromatic N) is 3. The van der Waals surface area contributed by atoms with Crippen molar-refractivity contribution < 1.29 is 43.5 Å². The summed E-state index contributed by atoms with van der Waals surface area (Å²) in [7, 11) is 0. The molecule has 11 N–H and O–H groups in total. The Kier molecular flexibility index (Phi) is 19.0. The SMILES string of the molecule is CC[C@H](C)[C@H](N)C(=O)N[C@@H](CC(C)C)C(=O)N[C@@H](C)C(=O)N1CCC[C@H]1C(=O)N1CCC[C@H]1C(=O)N[C@@H](CCC(=O)O)C(=O)N[C@H](C=O)CCCN=C(N)N. The van der Waals surface area contributed by atoms with Gasteiger partial charge < -0.3 is 58.2 Å². The molecule has 55 heavy (non-hydrogen) atoms. The number of rotatable bonds is 22. The van der Waals surface area contributed by atoms with Crippen molar-refractivity contribution in [2.24, 2.45) is 34.0 Å². The number of guanidine groups is 1. The molecule has 0 aromatic heterocycles. The fourth-order valence-corrected chi connectivity index (χ4v) is 6.67. The molecule has 0 saturated carbocycles. The predicted octanol–water partition coefficient (Wildman–Crippen LogP) is -1.54. The van der Waals surface area contributed by atoms with Crippen LogP contribution in [-0.4, -0.2) is 130 Å². The summed E-state index contributed by atoms with van der Waals surface area (Å²) in [6.07, 6.45) is 2.92. The number of likely N-dealkylation sites (tertiary alicyclic amines) is 2. The number of carboxylic acids is 1. The van der Waals surface area contributed by atoms with Gasteiger partial charge in [-0.25, -0.2) is 0 Å². The van der Waals surface area contributed by atoms with Crippen molar-refractivity contribution in [3.8, 4) is 0 Å². The number of nitrogens with two attached hydrogens (primary N) is 3. The highest BCUT2D eigenvalue weighted by atomic mass is 16.4. The lowest BCUT2D eigenvalue weighted by molar-refractivity contribution is -0.148. The van der Waals surface area contributed by atoms with Gasteiger partial charge in [-0.3, -0.25) is 38.6 Å². The van der Waals surface area contributed by atoms with E-state index in [1.54, 1.807) is 0 Å². The van der Waals surface area contributed by atoms with E-state index >= 15 is 0 Å². The number of aliphatic imine (C=N–C) groups is 1. The van der Waals surface area contributed by atoms with E-state index in [1.807, 2.05) is 27.7 Å². The van der Waals surface area contributed by atoms with E-state index in [1.165, 1.54) is 16.7 Å². The van der Waals surface area contributed by atoms with Gasteiger partial charge in [-0.1, -0.05) is 34.1 Å². The Morgan fingerprint density at radius 2 is 1.45 bits per heavy atom. The van der Waals surface area contributed by atoms with Gasteiger partial charge in [0, 0.05) is 26.1 Å². The van der Waals surface area contributed by atoms with Crippen LogP contribution in [0.3, 0.4) is 0 Å². The summed E-state index contributed by atoms with van der Waals surface area (Å²) in [5, 5.41) is 19.8. The first-order valence-electron chi connectivity index (χ1n) is 19.2. The number of amides is 6. The molecule has 2 aliphatic rings. The van der Waals surface area contributed by atoms with Crippen molar-refractivity contribution in [3.63, 3.8) is 0 Å². The topological polar surface area (TPSA) is 302 Å². The zero-order chi connectivity index (χ0) is 41.4. The van der Waals surface area contributed by atoms with Gasteiger partial charge in [-0.05, 0) is 70.1 Å². The van der Waals surface area contributed by atoms with E-state index in [0.717, 1.165) is 0 Å². The Morgan fingerprint density at radius 3 is 2.04 bits per heavy atom. The van der Waals surface area contributed by atoms with E-state index in [4.69, 9.17) is 17.2 Å². The van der Waals surface area contributed by atoms with Crippen molar-refractivity contribution in [1.29, 1.82) is 0 Å². The van der Waals surface area contributed by atoms with Crippen molar-refractivity contribution in [2.75, 3.05) is 19.6 Å². The number of aldehydes is 1. The summed E-state index contributed by atoms with van der Waals surface area (Å²) in [6, 6.07) is -6.93. The number of carboxylic acid groups (broad SMARTS) is 1. The molecule has 310 valence electrons. The minimum atomic E-state index is -1.31. The smallest absolute Gasteiger partial charge is 0.303 e. The number of hydrogen-bond acceptors (Lipinski definition) is 10. The highest BCUT2D eigenvalue weighted by molar-refractivity contribution is 5.97. The third-order valence-electron chi connectivity index (χ3n) is 10.0. The largest absolute Gasteiger partial charge is 0.481 e. The van der Waals surface area contributed by atoms with Gasteiger partial charge in [0.05, 0.1) is 12.1 Å². The number of nitrogens with one attached hydrogen (secondary N) is 4. The molecule has 19 heteroatoms. The molecule has 2 heterocycles. The lowest BCUT2D eigenvalue weighted by atomic mass is 9.97. The Morgan fingerprint density at radius 1 is 0.836 bits per heavy atom. The summed E-state index contributed by atoms with van der Waals surface area (Å²) in [4.78, 5) is 110. The molecule has 2 rings (SSSR count). The predicted molar refractivity (Wildman–Crippen MR) is 203 cm³/mol. The zero-order valence-electron chi connectivity index (χ0n) is 32.8. The maximum Gasteiger partial charge on any atom is 0.303 e. The summed E-state index contributed by atoms with van der Waals surface area (Å²) in [5.41, 5.74) is 16.7. The van der Waals surface area contributed by atoms with Gasteiger partial charge in [-0.2, -0.15) is 0 Å². The average Bonchev–Trinajstić information content (AvgIpc) is 3.83. The standard InChI is InChI=1S/C36H62N10O9/c1-6-21(4)29(37)33(53)44-25(18-20(2)3)31(51)41-22(5)34(54)46-17-9-12-27(46)35(55)45-16-8-11-26(45)32(52)43-24(13-14-28(48)49)30(50)42-23(19-47)10-7-15-40-36(38)39/h19-27,29H,6-18,37H2,1-5H3,(H,41,51)(H,42,50)(H,43,52)(H,44,53)(H,48,49)(H4,38,39,40)/t21-,22-,23-,24-,25-,26-,27-,29-/m0/s1. The Balaban J connectivity index is 2.13. The highest BCUT2D eigenvalue weighted by Crippen LogP contribution is 2.26. The van der Waals surface area contributed by atoms with E-state index in [-0.39, 0.29) is 56.7 Å². The van der Waals surface area contributed by atoms with Crippen LogP contribution >= 0.6 is 0 Å². The van der Waals surface area contributed by atoms with Crippen molar-refractivity contribution in [1.82, 2.24) is 31.1 Å². The molecule has 0 aliphatic carbocycles. The Hall–Kier alpha value is -4.81. The molecule has 0 aromatic rings. The van der Waals surface area contributed by atoms with E-state index < -0.39 is 90.1 Å². The van der Waals surface area contributed by atoms with Crippen LogP contribution in [-0.2, 0) is 38.4 Å². The van der Waals surface area contributed by atoms with Crippen LogP contribution < -0.4 is 38.5 Å². The Bertz CT molecular complexity index is 1410. The van der Waals surface area contributed by atoms with Crippen LogP contribution in [0.25, 0.3) is 0 Å². The number of carbonyl (C=O) groups excluding carboxylic acids is 7. The fraction of sp³-hybridized carbons (Fsp3) is 0.750. The maximum absolute atomic E-state index is 14.0. The molecule has 8 atom stereocenters. The monoisotopic (exact) mass is 778 g/mol. The lowest BCUT2D eigenvalue weighted by Gasteiger charge is -2.33. The molecule has 0 spiro atoms. The first-order chi connectivity index (χ1) is 25.9. The molecule has 2 aliphatic heterocycles. The van der Waals surface area contributed by atoms with Gasteiger partial charge in [0.1, 0.15) is 36.5 Å². The second-order valence-corrected chi connectivity index (χ2v) is 14.9. The third kappa shape index (κ3) is 14.4. The van der Waals surface area contributed by atoms with Gasteiger partial charge in [0.2, 0.25) is 35.4 Å². The van der Waals surface area contributed by atoms with Crippen LogP contribution in [0.2, 0.25) is 0 Å². The molecule has 0 aromatic carbocycles. The average molecular weight is 779 g/mol. The zero-order valence-corrected chi connectivity index (χ0v) is 32.8. The summed E-state index contributed by atoms with van der Waals surface area (Å²) in [6.45, 7) is 9.75. The summed E-state index contributed by atoms with van der Waals surface area (Å²) >= 11 is 0. The lowest BCUT2D eigenvalue weighted by Crippen LogP contribution is -2.59. The number of carbonyl (C=O) groups is 8. The van der Waals surface area contributed by atoms with Gasteiger partial charge in [0.15, 0.2) is 5.96 Å². The van der Waals surface area contributed by atoms with E-state index in [9.17, 15) is 43.5 Å². The normalized spacial score (nSPS) is 20.0. The minimum Gasteiger partial charge on any atom is -0.481 e. The first-order valence-corrected chi connectivity index (χ1v) is 19.2. The quantitative estimate of drug-likeness (QED) is 0.0269. The first kappa shape index (κ1) is 46.3. The molecule has 2 saturated heterocycles. The van der Waals surface area contributed by atoms with Gasteiger partial charge >= 0.3 is 5.97 Å². The van der Waals surface area contributed by atoms with Gasteiger partial charge in [-0.15, -0.1) is 0 Å². The molecule has 2 fully saturated rings. The number of hydrogen-bond donors (Lipinski definition) is 8. The van der Waals surface area contributed by atoms with Crippen LogP contribution in [0.15, 0.2) is 4.99 Å². The van der Waals surface area contributed by atoms with Crippen molar-refractivity contribution >= 4 is 53.7 Å². The second-order valence-electron chi connectivity index (χ2n) is 14.9. The van der Waals surface area contributed by atoms with E-state index in [0.29, 0.717) is 44.8 Å². The van der Waals surface area contributed by atoms with Crippen molar-refractivity contribution in [3.05, 3.63) is 0 Å². The molecule has 0 radical (unpaired) electrons. The molecule has 0 bridgehead atoms. The highest BCUT2D eigenvalue weighted by Gasteiger charge is 2.44. The van der Waals surface area contributed by atoms with E-state index in [2.05, 4.69) is 26.3 Å². The Labute approximate surface area is 322 Å². The second kappa shape index (κ2) is 22.5. The fourth-order valence-electron chi connectivity index (χ4n) is 6.67. The van der Waals surface area contributed by atoms with Crippen LogP contribution in [0.1, 0.15) is 98.8 Å². The number of aliphatic carboxylic acids is 1.